The molecule has 1 rings (SSSR count). The van der Waals surface area contributed by atoms with Crippen molar-refractivity contribution in [3.05, 3.63) is 11.0 Å². The lowest BCUT2D eigenvalue weighted by atomic mass is 10.3. The summed E-state index contributed by atoms with van der Waals surface area (Å²) in [6, 6.07) is 0. The van der Waals surface area contributed by atoms with Gasteiger partial charge in [-0.25, -0.2) is 4.98 Å². The monoisotopic (exact) mass is 272 g/mol. The van der Waals surface area contributed by atoms with Gasteiger partial charge in [0.25, 0.3) is 0 Å². The average molecular weight is 273 g/mol. The molecular weight excluding hydrogens is 260 g/mol. The van der Waals surface area contributed by atoms with E-state index >= 15 is 0 Å². The van der Waals surface area contributed by atoms with Crippen LogP contribution in [0.4, 0.5) is 11.5 Å². The molecule has 0 saturated heterocycles. The number of anilines is 2. The molecule has 1 aromatic rings. The molecule has 0 aliphatic rings. The smallest absolute Gasteiger partial charge is 0.237 e. The lowest BCUT2D eigenvalue weighted by Gasteiger charge is -2.22. The Balaban J connectivity index is 3.19. The normalized spacial score (nSPS) is 10.1. The molecule has 0 unspecified atom stereocenters. The molecule has 0 saturated carbocycles. The summed E-state index contributed by atoms with van der Waals surface area (Å²) in [4.78, 5) is 30.9. The topological polar surface area (TPSA) is 141 Å². The van der Waals surface area contributed by atoms with Crippen LogP contribution in [-0.4, -0.2) is 34.9 Å². The van der Waals surface area contributed by atoms with E-state index in [0.29, 0.717) is 5.69 Å². The fraction of sp³-hybridized carbons (Fsp3) is 0.333. The zero-order valence-corrected chi connectivity index (χ0v) is 10.4. The van der Waals surface area contributed by atoms with Crippen LogP contribution in [0.5, 0.6) is 0 Å². The summed E-state index contributed by atoms with van der Waals surface area (Å²) in [5.74, 6) is -1.14. The van der Waals surface area contributed by atoms with Gasteiger partial charge in [0.2, 0.25) is 17.1 Å². The number of hydrogen-bond donors (Lipinski definition) is 3. The summed E-state index contributed by atoms with van der Waals surface area (Å²) in [5, 5.41) is -0.0457. The Kier molecular flexibility index (Phi) is 4.27. The van der Waals surface area contributed by atoms with Crippen LogP contribution >= 0.6 is 11.6 Å². The summed E-state index contributed by atoms with van der Waals surface area (Å²) in [7, 11) is 0. The van der Waals surface area contributed by atoms with Crippen LogP contribution in [0, 0.1) is 6.92 Å². The number of aryl methyl sites for hydroxylation is 1. The van der Waals surface area contributed by atoms with Crippen LogP contribution in [0.15, 0.2) is 0 Å². The van der Waals surface area contributed by atoms with Crippen molar-refractivity contribution in [1.82, 2.24) is 9.97 Å². The number of carbonyl (C=O) groups is 2. The van der Waals surface area contributed by atoms with Gasteiger partial charge in [0, 0.05) is 0 Å². The predicted octanol–water partition coefficient (Wildman–Crippen LogP) is -1.20. The zero-order valence-electron chi connectivity index (χ0n) is 9.68. The summed E-state index contributed by atoms with van der Waals surface area (Å²) >= 11 is 5.70. The van der Waals surface area contributed by atoms with Crippen molar-refractivity contribution < 1.29 is 9.59 Å². The Morgan fingerprint density at radius 2 is 1.72 bits per heavy atom. The molecule has 0 fully saturated rings. The molecule has 9 heteroatoms. The highest BCUT2D eigenvalue weighted by atomic mass is 35.5. The molecule has 1 aromatic heterocycles. The molecule has 18 heavy (non-hydrogen) atoms. The highest BCUT2D eigenvalue weighted by Gasteiger charge is 2.18. The second-order valence-electron chi connectivity index (χ2n) is 3.60. The number of nitrogens with zero attached hydrogens (tertiary/aromatic N) is 3. The maximum Gasteiger partial charge on any atom is 0.237 e. The highest BCUT2D eigenvalue weighted by Crippen LogP contribution is 2.24. The number of carbonyl (C=O) groups excluding carboxylic acids is 2. The van der Waals surface area contributed by atoms with Gasteiger partial charge in [-0.3, -0.25) is 9.59 Å². The second kappa shape index (κ2) is 5.50. The molecule has 0 bridgehead atoms. The minimum absolute atomic E-state index is 0.0457. The Hall–Kier alpha value is -2.09. The van der Waals surface area contributed by atoms with Gasteiger partial charge in [-0.15, -0.1) is 0 Å². The lowest BCUT2D eigenvalue weighted by molar-refractivity contribution is -0.117. The van der Waals surface area contributed by atoms with E-state index < -0.39 is 11.8 Å². The van der Waals surface area contributed by atoms with Crippen LogP contribution < -0.4 is 22.1 Å². The fourth-order valence-electron chi connectivity index (χ4n) is 1.36. The number of amides is 2. The van der Waals surface area contributed by atoms with Crippen molar-refractivity contribution in [2.45, 2.75) is 6.92 Å². The van der Waals surface area contributed by atoms with Crippen LogP contribution in [0.2, 0.25) is 5.28 Å². The Labute approximate surface area is 108 Å². The zero-order chi connectivity index (χ0) is 13.9. The summed E-state index contributed by atoms with van der Waals surface area (Å²) < 4.78 is 0. The summed E-state index contributed by atoms with van der Waals surface area (Å²) in [6.45, 7) is 1.12. The van der Waals surface area contributed by atoms with E-state index in [-0.39, 0.29) is 29.9 Å². The minimum atomic E-state index is -0.650. The van der Waals surface area contributed by atoms with E-state index in [1.165, 1.54) is 4.90 Å². The first-order valence-corrected chi connectivity index (χ1v) is 5.30. The van der Waals surface area contributed by atoms with Gasteiger partial charge in [-0.1, -0.05) is 0 Å². The van der Waals surface area contributed by atoms with Gasteiger partial charge in [0.15, 0.2) is 5.82 Å². The quantitative estimate of drug-likeness (QED) is 0.575. The van der Waals surface area contributed by atoms with Crippen LogP contribution in [-0.2, 0) is 9.59 Å². The van der Waals surface area contributed by atoms with Crippen LogP contribution in [0.1, 0.15) is 5.69 Å². The second-order valence-corrected chi connectivity index (χ2v) is 3.94. The van der Waals surface area contributed by atoms with Gasteiger partial charge < -0.3 is 22.1 Å². The largest absolute Gasteiger partial charge is 0.394 e. The van der Waals surface area contributed by atoms with Gasteiger partial charge in [0.05, 0.1) is 24.5 Å². The van der Waals surface area contributed by atoms with Gasteiger partial charge in [-0.2, -0.15) is 4.98 Å². The first-order valence-electron chi connectivity index (χ1n) is 4.92. The Morgan fingerprint density at radius 3 is 2.17 bits per heavy atom. The van der Waals surface area contributed by atoms with Crippen molar-refractivity contribution in [1.29, 1.82) is 0 Å². The molecule has 1 heterocycles. The van der Waals surface area contributed by atoms with Crippen molar-refractivity contribution in [3.63, 3.8) is 0 Å². The van der Waals surface area contributed by atoms with Crippen molar-refractivity contribution in [2.24, 2.45) is 11.5 Å². The van der Waals surface area contributed by atoms with Crippen LogP contribution in [0.3, 0.4) is 0 Å². The van der Waals surface area contributed by atoms with E-state index in [2.05, 4.69) is 9.97 Å². The molecule has 0 radical (unpaired) electrons. The number of hydrogen-bond acceptors (Lipinski definition) is 6. The third-order valence-electron chi connectivity index (χ3n) is 2.08. The number of nitrogen functional groups attached to an aromatic ring is 1. The first-order chi connectivity index (χ1) is 8.31. The summed E-state index contributed by atoms with van der Waals surface area (Å²) in [5.41, 5.74) is 16.6. The predicted molar refractivity (Wildman–Crippen MR) is 66.8 cm³/mol. The molecule has 0 spiro atoms. The third-order valence-corrected chi connectivity index (χ3v) is 2.25. The number of nitrogens with two attached hydrogens (primary N) is 3. The molecule has 2 amide bonds. The van der Waals surface area contributed by atoms with Gasteiger partial charge >= 0.3 is 0 Å². The third kappa shape index (κ3) is 3.45. The molecule has 0 aromatic carbocycles. The number of rotatable bonds is 5. The first kappa shape index (κ1) is 14.0. The number of primary amides is 2. The van der Waals surface area contributed by atoms with Crippen molar-refractivity contribution in [3.8, 4) is 0 Å². The van der Waals surface area contributed by atoms with E-state index in [4.69, 9.17) is 28.8 Å². The average Bonchev–Trinajstić information content (AvgIpc) is 2.21. The minimum Gasteiger partial charge on any atom is -0.394 e. The van der Waals surface area contributed by atoms with Gasteiger partial charge in [0.1, 0.15) is 0 Å². The molecule has 0 aliphatic heterocycles. The fourth-order valence-corrected chi connectivity index (χ4v) is 1.56. The lowest BCUT2D eigenvalue weighted by Crippen LogP contribution is -2.40. The Morgan fingerprint density at radius 1 is 1.22 bits per heavy atom. The number of halogens is 1. The summed E-state index contributed by atoms with van der Waals surface area (Å²) in [6.07, 6.45) is 0. The maximum atomic E-state index is 11.0. The molecule has 0 aliphatic carbocycles. The van der Waals surface area contributed by atoms with E-state index in [9.17, 15) is 9.59 Å². The standard InChI is InChI=1S/C9H13ClN6O2/c1-4-7(13)8(15-9(10)14-4)16(2-5(11)17)3-6(12)18/h2-3,13H2,1H3,(H2,11,17)(H2,12,18). The molecular formula is C9H13ClN6O2. The maximum absolute atomic E-state index is 11.0. The molecule has 98 valence electrons. The van der Waals surface area contributed by atoms with E-state index in [0.717, 1.165) is 0 Å². The molecule has 6 N–H and O–H groups in total. The highest BCUT2D eigenvalue weighted by molar-refractivity contribution is 6.28. The SMILES string of the molecule is Cc1nc(Cl)nc(N(CC(N)=O)CC(N)=O)c1N. The molecule has 8 nitrogen and oxygen atoms in total. The van der Waals surface area contributed by atoms with Crippen molar-refractivity contribution in [2.75, 3.05) is 23.7 Å². The van der Waals surface area contributed by atoms with Gasteiger partial charge in [-0.05, 0) is 18.5 Å². The van der Waals surface area contributed by atoms with E-state index in [1.54, 1.807) is 6.92 Å². The molecule has 0 atom stereocenters. The van der Waals surface area contributed by atoms with E-state index in [1.807, 2.05) is 0 Å². The van der Waals surface area contributed by atoms with Crippen LogP contribution in [0.25, 0.3) is 0 Å². The number of aromatic nitrogens is 2. The Bertz CT molecular complexity index is 476. The van der Waals surface area contributed by atoms with Crippen molar-refractivity contribution >= 4 is 34.9 Å².